The Morgan fingerprint density at radius 1 is 0.889 bits per heavy atom. The van der Waals surface area contributed by atoms with Crippen LogP contribution in [0.25, 0.3) is 22.4 Å². The van der Waals surface area contributed by atoms with Gasteiger partial charge in [0.25, 0.3) is 0 Å². The van der Waals surface area contributed by atoms with Gasteiger partial charge in [-0.25, -0.2) is 4.98 Å². The molecular formula is C22H20N4S. The molecule has 0 aliphatic rings. The van der Waals surface area contributed by atoms with Crippen molar-refractivity contribution in [1.82, 2.24) is 15.3 Å². The number of nitrogens with one attached hydrogen (secondary N) is 3. The molecule has 134 valence electrons. The molecule has 0 saturated carbocycles. The van der Waals surface area contributed by atoms with Crippen LogP contribution in [0.3, 0.4) is 0 Å². The first-order valence-electron chi connectivity index (χ1n) is 8.92. The number of aromatic nitrogens is 2. The van der Waals surface area contributed by atoms with E-state index < -0.39 is 0 Å². The van der Waals surface area contributed by atoms with Crippen LogP contribution < -0.4 is 10.6 Å². The third-order valence-electron chi connectivity index (χ3n) is 4.35. The summed E-state index contributed by atoms with van der Waals surface area (Å²) in [5, 5.41) is 7.10. The number of H-pyrrole nitrogens is 1. The molecule has 4 nitrogen and oxygen atoms in total. The van der Waals surface area contributed by atoms with Gasteiger partial charge < -0.3 is 15.6 Å². The molecule has 1 heterocycles. The quantitative estimate of drug-likeness (QED) is 0.442. The minimum atomic E-state index is 0.627. The van der Waals surface area contributed by atoms with Crippen LogP contribution in [-0.4, -0.2) is 21.6 Å². The van der Waals surface area contributed by atoms with Crippen LogP contribution in [0.4, 0.5) is 5.69 Å². The second-order valence-electron chi connectivity index (χ2n) is 6.30. The minimum absolute atomic E-state index is 0.627. The summed E-state index contributed by atoms with van der Waals surface area (Å²) < 4.78 is 0. The summed E-state index contributed by atoms with van der Waals surface area (Å²) in [7, 11) is 0. The first-order chi connectivity index (χ1) is 13.3. The van der Waals surface area contributed by atoms with Crippen molar-refractivity contribution in [3.05, 3.63) is 84.4 Å². The van der Waals surface area contributed by atoms with E-state index in [4.69, 9.17) is 12.2 Å². The van der Waals surface area contributed by atoms with Crippen LogP contribution in [0.15, 0.2) is 78.9 Å². The highest BCUT2D eigenvalue weighted by atomic mass is 32.1. The molecule has 0 atom stereocenters. The van der Waals surface area contributed by atoms with E-state index in [2.05, 4.69) is 44.9 Å². The highest BCUT2D eigenvalue weighted by molar-refractivity contribution is 7.80. The predicted octanol–water partition coefficient (Wildman–Crippen LogP) is 4.76. The van der Waals surface area contributed by atoms with Crippen molar-refractivity contribution in [3.8, 4) is 11.4 Å². The summed E-state index contributed by atoms with van der Waals surface area (Å²) in [6.45, 7) is 0.799. The fraction of sp³-hybridized carbons (Fsp3) is 0.0909. The first kappa shape index (κ1) is 17.2. The van der Waals surface area contributed by atoms with Gasteiger partial charge >= 0.3 is 0 Å². The van der Waals surface area contributed by atoms with Gasteiger partial charge in [0.2, 0.25) is 0 Å². The van der Waals surface area contributed by atoms with Crippen LogP contribution in [0.1, 0.15) is 5.56 Å². The number of fused-ring (bicyclic) bond motifs is 1. The zero-order valence-electron chi connectivity index (χ0n) is 14.8. The Bertz CT molecular complexity index is 1010. The fourth-order valence-corrected chi connectivity index (χ4v) is 3.16. The molecule has 3 N–H and O–H groups in total. The lowest BCUT2D eigenvalue weighted by Crippen LogP contribution is -2.30. The van der Waals surface area contributed by atoms with Crippen molar-refractivity contribution in [3.63, 3.8) is 0 Å². The van der Waals surface area contributed by atoms with Crippen LogP contribution in [-0.2, 0) is 6.42 Å². The molecule has 0 radical (unpaired) electrons. The van der Waals surface area contributed by atoms with Gasteiger partial charge in [0, 0.05) is 17.8 Å². The Labute approximate surface area is 163 Å². The van der Waals surface area contributed by atoms with Crippen LogP contribution in [0.2, 0.25) is 0 Å². The average molecular weight is 372 g/mol. The number of hydrogen-bond donors (Lipinski definition) is 3. The number of imidazole rings is 1. The number of rotatable bonds is 5. The lowest BCUT2D eigenvalue weighted by molar-refractivity contribution is 0.873. The molecule has 4 aromatic rings. The number of hydrogen-bond acceptors (Lipinski definition) is 2. The van der Waals surface area contributed by atoms with Crippen molar-refractivity contribution in [2.75, 3.05) is 11.9 Å². The second-order valence-corrected chi connectivity index (χ2v) is 6.70. The lowest BCUT2D eigenvalue weighted by atomic mass is 10.1. The van der Waals surface area contributed by atoms with Crippen molar-refractivity contribution < 1.29 is 0 Å². The van der Waals surface area contributed by atoms with Gasteiger partial charge in [-0.1, -0.05) is 42.5 Å². The van der Waals surface area contributed by atoms with Crippen molar-refractivity contribution in [1.29, 1.82) is 0 Å². The van der Waals surface area contributed by atoms with Gasteiger partial charge in [0.05, 0.1) is 11.0 Å². The summed E-state index contributed by atoms with van der Waals surface area (Å²) in [5.41, 5.74) is 5.30. The van der Waals surface area contributed by atoms with Crippen molar-refractivity contribution >= 4 is 34.1 Å². The van der Waals surface area contributed by atoms with Gasteiger partial charge in [-0.2, -0.15) is 0 Å². The van der Waals surface area contributed by atoms with Crippen LogP contribution in [0.5, 0.6) is 0 Å². The molecule has 0 amide bonds. The molecule has 1 aromatic heterocycles. The summed E-state index contributed by atoms with van der Waals surface area (Å²) in [4.78, 5) is 7.97. The lowest BCUT2D eigenvalue weighted by Gasteiger charge is -2.11. The van der Waals surface area contributed by atoms with Gasteiger partial charge in [-0.15, -0.1) is 0 Å². The maximum atomic E-state index is 5.38. The van der Waals surface area contributed by atoms with E-state index >= 15 is 0 Å². The van der Waals surface area contributed by atoms with Crippen molar-refractivity contribution in [2.24, 2.45) is 0 Å². The monoisotopic (exact) mass is 372 g/mol. The number of anilines is 1. The van der Waals surface area contributed by atoms with E-state index in [1.165, 1.54) is 5.56 Å². The molecule has 0 bridgehead atoms. The third-order valence-corrected chi connectivity index (χ3v) is 4.59. The molecule has 0 unspecified atom stereocenters. The van der Waals surface area contributed by atoms with Crippen LogP contribution >= 0.6 is 12.2 Å². The Morgan fingerprint density at radius 2 is 1.63 bits per heavy atom. The predicted molar refractivity (Wildman–Crippen MR) is 116 cm³/mol. The summed E-state index contributed by atoms with van der Waals surface area (Å²) in [6.07, 6.45) is 0.938. The molecular weight excluding hydrogens is 352 g/mol. The maximum absolute atomic E-state index is 5.38. The summed E-state index contributed by atoms with van der Waals surface area (Å²) >= 11 is 5.38. The molecule has 0 spiro atoms. The molecule has 0 saturated heterocycles. The topological polar surface area (TPSA) is 52.7 Å². The summed E-state index contributed by atoms with van der Waals surface area (Å²) in [5.74, 6) is 0.867. The Balaban J connectivity index is 1.34. The molecule has 27 heavy (non-hydrogen) atoms. The van der Waals surface area contributed by atoms with Gasteiger partial charge in [0.15, 0.2) is 5.11 Å². The molecule has 3 aromatic carbocycles. The smallest absolute Gasteiger partial charge is 0.170 e. The van der Waals surface area contributed by atoms with E-state index in [1.807, 2.05) is 54.6 Å². The molecule has 5 heteroatoms. The highest BCUT2D eigenvalue weighted by Gasteiger charge is 2.05. The minimum Gasteiger partial charge on any atom is -0.362 e. The van der Waals surface area contributed by atoms with Gasteiger partial charge in [-0.3, -0.25) is 0 Å². The third kappa shape index (κ3) is 4.33. The first-order valence-corrected chi connectivity index (χ1v) is 9.33. The SMILES string of the molecule is S=C(NCCc1ccccc1)Nc1ccc(-c2nc3ccccc3[nH]2)cc1. The zero-order valence-corrected chi connectivity index (χ0v) is 15.6. The maximum Gasteiger partial charge on any atom is 0.170 e. The largest absolute Gasteiger partial charge is 0.362 e. The molecule has 4 rings (SSSR count). The van der Waals surface area contributed by atoms with E-state index in [1.54, 1.807) is 0 Å². The van der Waals surface area contributed by atoms with E-state index in [-0.39, 0.29) is 0 Å². The highest BCUT2D eigenvalue weighted by Crippen LogP contribution is 2.21. The van der Waals surface area contributed by atoms with E-state index in [0.717, 1.165) is 41.1 Å². The molecule has 0 aliphatic heterocycles. The molecule has 0 aliphatic carbocycles. The fourth-order valence-electron chi connectivity index (χ4n) is 2.94. The Kier molecular flexibility index (Phi) is 5.12. The Hall–Kier alpha value is -3.18. The second kappa shape index (κ2) is 8.01. The number of aromatic amines is 1. The standard InChI is InChI=1S/C22H20N4S/c27-22(23-15-14-16-6-2-1-3-7-16)24-18-12-10-17(11-13-18)21-25-19-8-4-5-9-20(19)26-21/h1-13H,14-15H2,(H,25,26)(H2,23,24,27). The van der Waals surface area contributed by atoms with Gasteiger partial charge in [0.1, 0.15) is 5.82 Å². The zero-order chi connectivity index (χ0) is 18.5. The van der Waals surface area contributed by atoms with Crippen LogP contribution in [0, 0.1) is 0 Å². The molecule has 0 fully saturated rings. The van der Waals surface area contributed by atoms with E-state index in [0.29, 0.717) is 5.11 Å². The van der Waals surface area contributed by atoms with Crippen molar-refractivity contribution in [2.45, 2.75) is 6.42 Å². The van der Waals surface area contributed by atoms with Gasteiger partial charge in [-0.05, 0) is 60.6 Å². The number of benzene rings is 3. The number of para-hydroxylation sites is 2. The summed E-state index contributed by atoms with van der Waals surface area (Å²) in [6, 6.07) is 26.5. The normalized spacial score (nSPS) is 10.7. The number of nitrogens with zero attached hydrogens (tertiary/aromatic N) is 1. The van der Waals surface area contributed by atoms with E-state index in [9.17, 15) is 0 Å². The number of thiocarbonyl (C=S) groups is 1. The average Bonchev–Trinajstić information content (AvgIpc) is 3.13. The Morgan fingerprint density at radius 3 is 2.41 bits per heavy atom.